The van der Waals surface area contributed by atoms with Crippen LogP contribution in [0, 0.1) is 5.41 Å². The molecule has 0 radical (unpaired) electrons. The lowest BCUT2D eigenvalue weighted by atomic mass is 9.54. The molecule has 2 atom stereocenters. The Morgan fingerprint density at radius 2 is 2.00 bits per heavy atom. The van der Waals surface area contributed by atoms with E-state index in [0.717, 1.165) is 18.4 Å². The van der Waals surface area contributed by atoms with Gasteiger partial charge in [-0.2, -0.15) is 0 Å². The van der Waals surface area contributed by atoms with E-state index >= 15 is 0 Å². The Morgan fingerprint density at radius 3 is 2.54 bits per heavy atom. The van der Waals surface area contributed by atoms with Gasteiger partial charge in [0.1, 0.15) is 5.54 Å². The predicted molar refractivity (Wildman–Crippen MR) is 110 cm³/mol. The second-order valence-electron chi connectivity index (χ2n) is 7.51. The number of unbranched alkanes of at least 4 members (excludes halogenated alkanes) is 1. The van der Waals surface area contributed by atoms with Gasteiger partial charge in [-0.05, 0) is 25.0 Å². The fraction of sp³-hybridized carbons (Fsp3) is 0.650. The van der Waals surface area contributed by atoms with Crippen LogP contribution in [-0.4, -0.2) is 35.6 Å². The summed E-state index contributed by atoms with van der Waals surface area (Å²) in [7, 11) is 0. The van der Waals surface area contributed by atoms with Crippen molar-refractivity contribution in [2.45, 2.75) is 65.1 Å². The van der Waals surface area contributed by atoms with Gasteiger partial charge in [0.05, 0.1) is 6.10 Å². The zero-order valence-corrected chi connectivity index (χ0v) is 17.8. The van der Waals surface area contributed by atoms with Gasteiger partial charge in [-0.15, -0.1) is 12.4 Å². The van der Waals surface area contributed by atoms with E-state index in [1.165, 1.54) is 0 Å². The quantitative estimate of drug-likeness (QED) is 0.699. The van der Waals surface area contributed by atoms with E-state index in [9.17, 15) is 4.79 Å². The number of halogens is 2. The minimum atomic E-state index is -0.887. The Balaban J connectivity index is 0.00000338. The summed E-state index contributed by atoms with van der Waals surface area (Å²) in [5.41, 5.74) is 6.29. The molecule has 6 heteroatoms. The van der Waals surface area contributed by atoms with Crippen molar-refractivity contribution in [1.29, 1.82) is 0 Å². The molecule has 0 aromatic heterocycles. The number of nitrogens with two attached hydrogens (primary N) is 1. The molecule has 148 valence electrons. The van der Waals surface area contributed by atoms with Crippen LogP contribution in [0.3, 0.4) is 0 Å². The zero-order chi connectivity index (χ0) is 18.7. The average molecular weight is 403 g/mol. The largest absolute Gasteiger partial charge is 0.378 e. The molecule has 4 nitrogen and oxygen atoms in total. The highest BCUT2D eigenvalue weighted by molar-refractivity contribution is 6.31. The molecule has 0 saturated heterocycles. The maximum absolute atomic E-state index is 13.3. The molecular formula is C20H32Cl2N2O2. The Hall–Kier alpha value is -0.810. The van der Waals surface area contributed by atoms with Crippen LogP contribution in [0.2, 0.25) is 5.02 Å². The third-order valence-corrected chi connectivity index (χ3v) is 5.97. The van der Waals surface area contributed by atoms with Gasteiger partial charge >= 0.3 is 0 Å². The molecular weight excluding hydrogens is 371 g/mol. The van der Waals surface area contributed by atoms with Crippen LogP contribution in [0.1, 0.15) is 52.5 Å². The third-order valence-electron chi connectivity index (χ3n) is 5.60. The molecule has 2 N–H and O–H groups in total. The Morgan fingerprint density at radius 1 is 1.35 bits per heavy atom. The number of ether oxygens (including phenoxy) is 1. The van der Waals surface area contributed by atoms with Gasteiger partial charge in [-0.25, -0.2) is 0 Å². The number of nitrogens with zero attached hydrogens (tertiary/aromatic N) is 1. The van der Waals surface area contributed by atoms with Gasteiger partial charge in [-0.1, -0.05) is 57.0 Å². The van der Waals surface area contributed by atoms with E-state index in [-0.39, 0.29) is 29.8 Å². The maximum atomic E-state index is 13.3. The molecule has 0 bridgehead atoms. The van der Waals surface area contributed by atoms with Crippen LogP contribution in [0.15, 0.2) is 24.3 Å². The molecule has 1 aromatic carbocycles. The summed E-state index contributed by atoms with van der Waals surface area (Å²) in [6.07, 6.45) is 2.56. The Kier molecular flexibility index (Phi) is 8.40. The summed E-state index contributed by atoms with van der Waals surface area (Å²) in [5, 5.41) is 0.683. The van der Waals surface area contributed by atoms with Gasteiger partial charge < -0.3 is 15.4 Å². The van der Waals surface area contributed by atoms with Crippen molar-refractivity contribution in [2.24, 2.45) is 11.1 Å². The van der Waals surface area contributed by atoms with Gasteiger partial charge in [0, 0.05) is 36.6 Å². The van der Waals surface area contributed by atoms with Crippen molar-refractivity contribution in [3.05, 3.63) is 34.9 Å². The van der Waals surface area contributed by atoms with E-state index in [1.54, 1.807) is 0 Å². The lowest BCUT2D eigenvalue weighted by Crippen LogP contribution is -2.76. The molecule has 1 aliphatic carbocycles. The van der Waals surface area contributed by atoms with Crippen LogP contribution < -0.4 is 5.73 Å². The minimum Gasteiger partial charge on any atom is -0.378 e. The molecule has 2 unspecified atom stereocenters. The number of hydrogen-bond donors (Lipinski definition) is 1. The standard InChI is InChI=1S/C20H31ClN2O2.ClH/c1-5-7-12-23(14-15-10-8-9-11-16(15)21)18(24)20(22)13-17(25-6-2)19(20,3)4;/h8-11,17H,5-7,12-14,22H2,1-4H3;1H. The van der Waals surface area contributed by atoms with E-state index < -0.39 is 5.54 Å². The fourth-order valence-corrected chi connectivity index (χ4v) is 3.71. The lowest BCUT2D eigenvalue weighted by molar-refractivity contribution is -0.179. The topological polar surface area (TPSA) is 55.6 Å². The monoisotopic (exact) mass is 402 g/mol. The lowest BCUT2D eigenvalue weighted by Gasteiger charge is -2.58. The molecule has 1 fully saturated rings. The first kappa shape index (κ1) is 23.2. The van der Waals surface area contributed by atoms with Crippen LogP contribution in [0.25, 0.3) is 0 Å². The molecule has 1 aliphatic rings. The fourth-order valence-electron chi connectivity index (χ4n) is 3.51. The average Bonchev–Trinajstić information content (AvgIpc) is 2.59. The number of amides is 1. The molecule has 26 heavy (non-hydrogen) atoms. The number of hydrogen-bond acceptors (Lipinski definition) is 3. The van der Waals surface area contributed by atoms with Gasteiger partial charge in [0.25, 0.3) is 0 Å². The normalized spacial score (nSPS) is 23.7. The van der Waals surface area contributed by atoms with Crippen molar-refractivity contribution in [3.63, 3.8) is 0 Å². The summed E-state index contributed by atoms with van der Waals surface area (Å²) in [5.74, 6) is 0.00169. The second-order valence-corrected chi connectivity index (χ2v) is 7.92. The van der Waals surface area contributed by atoms with Gasteiger partial charge in [-0.3, -0.25) is 4.79 Å². The van der Waals surface area contributed by atoms with E-state index in [1.807, 2.05) is 49.9 Å². The highest BCUT2D eigenvalue weighted by Gasteiger charge is 2.63. The zero-order valence-electron chi connectivity index (χ0n) is 16.3. The smallest absolute Gasteiger partial charge is 0.243 e. The number of carbonyl (C=O) groups excluding carboxylic acids is 1. The SMILES string of the molecule is CCCCN(Cc1ccccc1Cl)C(=O)C1(N)CC(OCC)C1(C)C.Cl. The van der Waals surface area contributed by atoms with Crippen LogP contribution >= 0.6 is 24.0 Å². The molecule has 0 heterocycles. The molecule has 0 aliphatic heterocycles. The Bertz CT molecular complexity index is 609. The van der Waals surface area contributed by atoms with Crippen LogP contribution in [0.4, 0.5) is 0 Å². The first-order valence-electron chi connectivity index (χ1n) is 9.21. The number of benzene rings is 1. The third kappa shape index (κ3) is 4.36. The molecule has 0 spiro atoms. The van der Waals surface area contributed by atoms with Crippen molar-refractivity contribution in [1.82, 2.24) is 4.90 Å². The van der Waals surface area contributed by atoms with Crippen molar-refractivity contribution in [3.8, 4) is 0 Å². The summed E-state index contributed by atoms with van der Waals surface area (Å²) in [6.45, 7) is 9.97. The summed E-state index contributed by atoms with van der Waals surface area (Å²) < 4.78 is 5.77. The minimum absolute atomic E-state index is 0. The Labute approximate surface area is 168 Å². The molecule has 1 aromatic rings. The van der Waals surface area contributed by atoms with E-state index in [2.05, 4.69) is 6.92 Å². The summed E-state index contributed by atoms with van der Waals surface area (Å²) in [6, 6.07) is 7.67. The number of carbonyl (C=O) groups is 1. The summed E-state index contributed by atoms with van der Waals surface area (Å²) >= 11 is 6.30. The second kappa shape index (κ2) is 9.41. The first-order chi connectivity index (χ1) is 11.8. The highest BCUT2D eigenvalue weighted by Crippen LogP contribution is 2.50. The van der Waals surface area contributed by atoms with Gasteiger partial charge in [0.2, 0.25) is 5.91 Å². The predicted octanol–water partition coefficient (Wildman–Crippen LogP) is 4.42. The van der Waals surface area contributed by atoms with Crippen molar-refractivity contribution in [2.75, 3.05) is 13.2 Å². The molecule has 1 saturated carbocycles. The van der Waals surface area contributed by atoms with E-state index in [0.29, 0.717) is 31.1 Å². The van der Waals surface area contributed by atoms with Crippen molar-refractivity contribution >= 4 is 29.9 Å². The maximum Gasteiger partial charge on any atom is 0.243 e. The van der Waals surface area contributed by atoms with Crippen LogP contribution in [-0.2, 0) is 16.1 Å². The highest BCUT2D eigenvalue weighted by atomic mass is 35.5. The van der Waals surface area contributed by atoms with Crippen molar-refractivity contribution < 1.29 is 9.53 Å². The summed E-state index contributed by atoms with van der Waals surface area (Å²) in [4.78, 5) is 15.2. The van der Waals surface area contributed by atoms with E-state index in [4.69, 9.17) is 22.1 Å². The van der Waals surface area contributed by atoms with Gasteiger partial charge in [0.15, 0.2) is 0 Å². The van der Waals surface area contributed by atoms with Crippen LogP contribution in [0.5, 0.6) is 0 Å². The molecule has 1 amide bonds. The molecule has 2 rings (SSSR count). The first-order valence-corrected chi connectivity index (χ1v) is 9.59. The number of rotatable bonds is 8.